The molecule has 1 aliphatic heterocycles. The maximum atomic E-state index is 14.4. The molecule has 0 bridgehead atoms. The Labute approximate surface area is 202 Å². The maximum absolute atomic E-state index is 14.4. The van der Waals surface area contributed by atoms with Gasteiger partial charge in [-0.25, -0.2) is 9.37 Å². The summed E-state index contributed by atoms with van der Waals surface area (Å²) in [6.45, 7) is 6.42. The van der Waals surface area contributed by atoms with Gasteiger partial charge in [-0.3, -0.25) is 9.69 Å². The number of rotatable bonds is 8. The van der Waals surface area contributed by atoms with Gasteiger partial charge in [-0.05, 0) is 30.2 Å². The normalized spacial score (nSPS) is 15.6. The molecule has 1 aliphatic rings. The number of aromatic nitrogens is 2. The summed E-state index contributed by atoms with van der Waals surface area (Å²) in [5.41, 5.74) is 1.83. The molecule has 1 saturated heterocycles. The molecule has 4 rings (SSSR count). The molecule has 6 nitrogen and oxygen atoms in total. The number of hydrogen-bond acceptors (Lipinski definition) is 4. The van der Waals surface area contributed by atoms with Crippen LogP contribution in [-0.4, -0.2) is 59.8 Å². The van der Waals surface area contributed by atoms with E-state index < -0.39 is 6.04 Å². The summed E-state index contributed by atoms with van der Waals surface area (Å²) in [5, 5.41) is 3.82. The Hall–Kier alpha value is -2.19. The summed E-state index contributed by atoms with van der Waals surface area (Å²) in [5.74, 6) is 0.171. The van der Waals surface area contributed by atoms with Gasteiger partial charge in [0.25, 0.3) is 0 Å². The number of nitrogens with zero attached hydrogens (tertiary/aromatic N) is 3. The van der Waals surface area contributed by atoms with Crippen LogP contribution in [0.4, 0.5) is 4.39 Å². The number of ether oxygens (including phenoxy) is 1. The van der Waals surface area contributed by atoms with Crippen LogP contribution in [0.3, 0.4) is 0 Å². The number of amides is 1. The first-order valence-corrected chi connectivity index (χ1v) is 11.9. The SMILES string of the molecule is CC[C@@H](C(=O)NCCN1CCOCC1)n1c(Cc2ccccc2F)nc2cc(Cl)c(Cl)cc21. The van der Waals surface area contributed by atoms with Crippen molar-refractivity contribution in [1.82, 2.24) is 19.8 Å². The van der Waals surface area contributed by atoms with Crippen LogP contribution >= 0.6 is 23.2 Å². The van der Waals surface area contributed by atoms with E-state index in [9.17, 15) is 9.18 Å². The highest BCUT2D eigenvalue weighted by molar-refractivity contribution is 6.42. The van der Waals surface area contributed by atoms with Gasteiger partial charge in [0.2, 0.25) is 5.91 Å². The number of halogens is 3. The summed E-state index contributed by atoms with van der Waals surface area (Å²) in [6.07, 6.45) is 0.785. The van der Waals surface area contributed by atoms with E-state index in [1.54, 1.807) is 30.3 Å². The van der Waals surface area contributed by atoms with Gasteiger partial charge in [-0.2, -0.15) is 0 Å². The third-order valence-electron chi connectivity index (χ3n) is 5.94. The lowest BCUT2D eigenvalue weighted by Gasteiger charge is -2.27. The first-order chi connectivity index (χ1) is 16.0. The van der Waals surface area contributed by atoms with Crippen LogP contribution in [0.2, 0.25) is 10.0 Å². The van der Waals surface area contributed by atoms with Crippen LogP contribution < -0.4 is 5.32 Å². The Balaban J connectivity index is 1.63. The van der Waals surface area contributed by atoms with Crippen LogP contribution in [0.5, 0.6) is 0 Å². The highest BCUT2D eigenvalue weighted by atomic mass is 35.5. The van der Waals surface area contributed by atoms with Gasteiger partial charge in [-0.15, -0.1) is 0 Å². The molecule has 1 N–H and O–H groups in total. The predicted molar refractivity (Wildman–Crippen MR) is 129 cm³/mol. The summed E-state index contributed by atoms with van der Waals surface area (Å²) < 4.78 is 21.6. The summed E-state index contributed by atoms with van der Waals surface area (Å²) in [6, 6.07) is 9.48. The predicted octanol–water partition coefficient (Wildman–Crippen LogP) is 4.47. The van der Waals surface area contributed by atoms with Crippen LogP contribution in [-0.2, 0) is 16.0 Å². The van der Waals surface area contributed by atoms with E-state index in [1.807, 2.05) is 11.5 Å². The molecule has 176 valence electrons. The number of carbonyl (C=O) groups is 1. The third kappa shape index (κ3) is 5.49. The van der Waals surface area contributed by atoms with E-state index >= 15 is 0 Å². The molecule has 1 aromatic heterocycles. The van der Waals surface area contributed by atoms with Gasteiger partial charge in [-0.1, -0.05) is 48.3 Å². The Kier molecular flexibility index (Phi) is 7.86. The Morgan fingerprint density at radius 2 is 1.94 bits per heavy atom. The summed E-state index contributed by atoms with van der Waals surface area (Å²) in [7, 11) is 0. The Morgan fingerprint density at radius 3 is 2.67 bits per heavy atom. The molecule has 2 aromatic carbocycles. The first-order valence-electron chi connectivity index (χ1n) is 11.1. The molecule has 9 heteroatoms. The van der Waals surface area contributed by atoms with Crippen LogP contribution in [0.1, 0.15) is 30.8 Å². The fraction of sp³-hybridized carbons (Fsp3) is 0.417. The number of hydrogen-bond donors (Lipinski definition) is 1. The summed E-state index contributed by atoms with van der Waals surface area (Å²) in [4.78, 5) is 20.2. The van der Waals surface area contributed by atoms with E-state index in [0.717, 1.165) is 32.8 Å². The molecule has 1 fully saturated rings. The lowest BCUT2D eigenvalue weighted by atomic mass is 10.1. The molecular formula is C24H27Cl2FN4O2. The zero-order valence-corrected chi connectivity index (χ0v) is 20.0. The monoisotopic (exact) mass is 492 g/mol. The zero-order chi connectivity index (χ0) is 23.4. The van der Waals surface area contributed by atoms with Crippen molar-refractivity contribution in [3.8, 4) is 0 Å². The largest absolute Gasteiger partial charge is 0.379 e. The number of carbonyl (C=O) groups excluding carboxylic acids is 1. The van der Waals surface area contributed by atoms with Crippen molar-refractivity contribution in [3.05, 3.63) is 63.6 Å². The van der Waals surface area contributed by atoms with Gasteiger partial charge in [0.15, 0.2) is 0 Å². The number of fused-ring (bicyclic) bond motifs is 1. The fourth-order valence-corrected chi connectivity index (χ4v) is 4.51. The lowest BCUT2D eigenvalue weighted by Crippen LogP contribution is -2.42. The van der Waals surface area contributed by atoms with Gasteiger partial charge >= 0.3 is 0 Å². The number of imidazole rings is 1. The van der Waals surface area contributed by atoms with Crippen LogP contribution in [0, 0.1) is 5.82 Å². The van der Waals surface area contributed by atoms with E-state index in [0.29, 0.717) is 45.4 Å². The van der Waals surface area contributed by atoms with Gasteiger partial charge in [0.05, 0.1) is 34.3 Å². The molecule has 0 spiro atoms. The van der Waals surface area contributed by atoms with E-state index in [4.69, 9.17) is 32.9 Å². The highest BCUT2D eigenvalue weighted by Crippen LogP contribution is 2.32. The first kappa shape index (κ1) is 24.0. The van der Waals surface area contributed by atoms with E-state index in [1.165, 1.54) is 6.07 Å². The lowest BCUT2D eigenvalue weighted by molar-refractivity contribution is -0.124. The molecule has 1 atom stereocenters. The average molecular weight is 493 g/mol. The summed E-state index contributed by atoms with van der Waals surface area (Å²) >= 11 is 12.5. The second-order valence-corrected chi connectivity index (χ2v) is 8.90. The molecular weight excluding hydrogens is 466 g/mol. The number of morpholine rings is 1. The van der Waals surface area contributed by atoms with E-state index in [-0.39, 0.29) is 18.1 Å². The molecule has 33 heavy (non-hydrogen) atoms. The van der Waals surface area contributed by atoms with Crippen LogP contribution in [0.15, 0.2) is 36.4 Å². The smallest absolute Gasteiger partial charge is 0.243 e. The minimum Gasteiger partial charge on any atom is -0.379 e. The number of benzene rings is 2. The van der Waals surface area contributed by atoms with Crippen molar-refractivity contribution >= 4 is 40.1 Å². The van der Waals surface area contributed by atoms with Crippen molar-refractivity contribution in [2.24, 2.45) is 0 Å². The minimum absolute atomic E-state index is 0.106. The average Bonchev–Trinajstić information content (AvgIpc) is 3.13. The maximum Gasteiger partial charge on any atom is 0.243 e. The second-order valence-electron chi connectivity index (χ2n) is 8.09. The highest BCUT2D eigenvalue weighted by Gasteiger charge is 2.25. The quantitative estimate of drug-likeness (QED) is 0.503. The van der Waals surface area contributed by atoms with Crippen LogP contribution in [0.25, 0.3) is 11.0 Å². The standard InChI is InChI=1S/C24H27Cl2FN4O2/c1-2-21(24(32)28-7-8-30-9-11-33-12-10-30)31-22-15-18(26)17(25)14-20(22)29-23(31)13-16-5-3-4-6-19(16)27/h3-6,14-15,21H,2,7-13H2,1H3,(H,28,32)/t21-/m0/s1. The molecule has 3 aromatic rings. The fourth-order valence-electron chi connectivity index (χ4n) is 4.19. The minimum atomic E-state index is -0.515. The molecule has 1 amide bonds. The van der Waals surface area contributed by atoms with Gasteiger partial charge < -0.3 is 14.6 Å². The second kappa shape index (κ2) is 10.8. The molecule has 2 heterocycles. The third-order valence-corrected chi connectivity index (χ3v) is 6.67. The number of nitrogens with one attached hydrogen (secondary N) is 1. The van der Waals surface area contributed by atoms with E-state index in [2.05, 4.69) is 10.2 Å². The van der Waals surface area contributed by atoms with Crippen molar-refractivity contribution in [1.29, 1.82) is 0 Å². The molecule has 0 unspecified atom stereocenters. The van der Waals surface area contributed by atoms with Crippen molar-refractivity contribution in [2.75, 3.05) is 39.4 Å². The molecule has 0 saturated carbocycles. The zero-order valence-electron chi connectivity index (χ0n) is 18.5. The molecule has 0 aliphatic carbocycles. The van der Waals surface area contributed by atoms with Crippen molar-refractivity contribution in [2.45, 2.75) is 25.8 Å². The van der Waals surface area contributed by atoms with Crippen molar-refractivity contribution in [3.63, 3.8) is 0 Å². The van der Waals surface area contributed by atoms with Gasteiger partial charge in [0, 0.05) is 32.6 Å². The Morgan fingerprint density at radius 1 is 1.21 bits per heavy atom. The van der Waals surface area contributed by atoms with Crippen molar-refractivity contribution < 1.29 is 13.9 Å². The topological polar surface area (TPSA) is 59.4 Å². The Bertz CT molecular complexity index is 1130. The van der Waals surface area contributed by atoms with Gasteiger partial charge in [0.1, 0.15) is 17.7 Å². The molecule has 0 radical (unpaired) electrons.